The van der Waals surface area contributed by atoms with Crippen LogP contribution in [0.3, 0.4) is 0 Å². The van der Waals surface area contributed by atoms with E-state index in [9.17, 15) is 4.79 Å². The van der Waals surface area contributed by atoms with Crippen molar-refractivity contribution < 1.29 is 4.79 Å². The molecule has 80 valence electrons. The summed E-state index contributed by atoms with van der Waals surface area (Å²) in [7, 11) is 0. The van der Waals surface area contributed by atoms with Gasteiger partial charge in [0.2, 0.25) is 0 Å². The fourth-order valence-corrected chi connectivity index (χ4v) is 1.78. The SMILES string of the molecule is CCN(C(=O)c1cc(Cl)ccn1)C1CC1. The monoisotopic (exact) mass is 224 g/mol. The molecule has 1 aromatic heterocycles. The first-order chi connectivity index (χ1) is 7.22. The molecule has 2 rings (SSSR count). The lowest BCUT2D eigenvalue weighted by Crippen LogP contribution is -2.33. The molecule has 0 aromatic carbocycles. The smallest absolute Gasteiger partial charge is 0.272 e. The highest BCUT2D eigenvalue weighted by molar-refractivity contribution is 6.30. The molecule has 3 nitrogen and oxygen atoms in total. The van der Waals surface area contributed by atoms with Crippen LogP contribution < -0.4 is 0 Å². The Morgan fingerprint density at radius 2 is 2.40 bits per heavy atom. The van der Waals surface area contributed by atoms with Crippen LogP contribution in [0.5, 0.6) is 0 Å². The van der Waals surface area contributed by atoms with E-state index in [1.54, 1.807) is 18.3 Å². The molecule has 0 N–H and O–H groups in total. The number of aromatic nitrogens is 1. The van der Waals surface area contributed by atoms with Crippen molar-refractivity contribution in [2.75, 3.05) is 6.54 Å². The van der Waals surface area contributed by atoms with Crippen LogP contribution in [0.2, 0.25) is 5.02 Å². The predicted molar refractivity (Wildman–Crippen MR) is 59.0 cm³/mol. The summed E-state index contributed by atoms with van der Waals surface area (Å²) in [6, 6.07) is 3.71. The summed E-state index contributed by atoms with van der Waals surface area (Å²) in [5.74, 6) is -0.0116. The van der Waals surface area contributed by atoms with E-state index >= 15 is 0 Å². The van der Waals surface area contributed by atoms with Gasteiger partial charge in [-0.3, -0.25) is 9.78 Å². The van der Waals surface area contributed by atoms with Gasteiger partial charge in [-0.15, -0.1) is 0 Å². The van der Waals surface area contributed by atoms with Crippen molar-refractivity contribution in [2.24, 2.45) is 0 Å². The molecule has 0 spiro atoms. The first kappa shape index (κ1) is 10.4. The van der Waals surface area contributed by atoms with Crippen LogP contribution >= 0.6 is 11.6 Å². The van der Waals surface area contributed by atoms with Gasteiger partial charge in [0.05, 0.1) is 0 Å². The normalized spacial score (nSPS) is 15.1. The Hall–Kier alpha value is -1.09. The van der Waals surface area contributed by atoms with Gasteiger partial charge in [0.1, 0.15) is 5.69 Å². The van der Waals surface area contributed by atoms with Crippen molar-refractivity contribution in [1.29, 1.82) is 0 Å². The Balaban J connectivity index is 2.18. The van der Waals surface area contributed by atoms with E-state index in [1.165, 1.54) is 0 Å². The molecule has 1 amide bonds. The van der Waals surface area contributed by atoms with Crippen molar-refractivity contribution >= 4 is 17.5 Å². The fourth-order valence-electron chi connectivity index (χ4n) is 1.62. The van der Waals surface area contributed by atoms with Gasteiger partial charge < -0.3 is 4.90 Å². The number of rotatable bonds is 3. The quantitative estimate of drug-likeness (QED) is 0.790. The Morgan fingerprint density at radius 3 is 2.93 bits per heavy atom. The lowest BCUT2D eigenvalue weighted by Gasteiger charge is -2.19. The topological polar surface area (TPSA) is 33.2 Å². The second kappa shape index (κ2) is 4.19. The van der Waals surface area contributed by atoms with Crippen LogP contribution in [-0.4, -0.2) is 28.4 Å². The summed E-state index contributed by atoms with van der Waals surface area (Å²) in [4.78, 5) is 17.9. The minimum Gasteiger partial charge on any atom is -0.335 e. The lowest BCUT2D eigenvalue weighted by atomic mass is 10.3. The number of hydrogen-bond donors (Lipinski definition) is 0. The van der Waals surface area contributed by atoms with Gasteiger partial charge in [0.25, 0.3) is 5.91 Å². The van der Waals surface area contributed by atoms with E-state index < -0.39 is 0 Å². The number of pyridine rings is 1. The number of halogens is 1. The van der Waals surface area contributed by atoms with Crippen LogP contribution in [0.15, 0.2) is 18.3 Å². The van der Waals surface area contributed by atoms with E-state index in [2.05, 4.69) is 4.98 Å². The number of carbonyl (C=O) groups excluding carboxylic acids is 1. The van der Waals surface area contributed by atoms with Gasteiger partial charge in [-0.05, 0) is 31.9 Å². The van der Waals surface area contributed by atoms with Crippen molar-refractivity contribution in [3.8, 4) is 0 Å². The maximum Gasteiger partial charge on any atom is 0.272 e. The average molecular weight is 225 g/mol. The Morgan fingerprint density at radius 1 is 1.67 bits per heavy atom. The van der Waals surface area contributed by atoms with Crippen LogP contribution in [0.25, 0.3) is 0 Å². The van der Waals surface area contributed by atoms with Gasteiger partial charge >= 0.3 is 0 Å². The molecule has 1 heterocycles. The summed E-state index contributed by atoms with van der Waals surface area (Å²) in [6.45, 7) is 2.72. The highest BCUT2D eigenvalue weighted by Crippen LogP contribution is 2.27. The van der Waals surface area contributed by atoms with Crippen molar-refractivity contribution in [3.63, 3.8) is 0 Å². The van der Waals surface area contributed by atoms with Crippen LogP contribution in [-0.2, 0) is 0 Å². The number of hydrogen-bond acceptors (Lipinski definition) is 2. The third-order valence-electron chi connectivity index (χ3n) is 2.53. The largest absolute Gasteiger partial charge is 0.335 e. The van der Waals surface area contributed by atoms with E-state index in [0.717, 1.165) is 19.4 Å². The Labute approximate surface area is 94.1 Å². The van der Waals surface area contributed by atoms with E-state index in [1.807, 2.05) is 11.8 Å². The van der Waals surface area contributed by atoms with E-state index in [4.69, 9.17) is 11.6 Å². The molecule has 0 saturated heterocycles. The molecular formula is C11H13ClN2O. The highest BCUT2D eigenvalue weighted by atomic mass is 35.5. The van der Waals surface area contributed by atoms with Crippen LogP contribution in [0.4, 0.5) is 0 Å². The first-order valence-electron chi connectivity index (χ1n) is 5.15. The maximum absolute atomic E-state index is 12.0. The summed E-state index contributed by atoms with van der Waals surface area (Å²) >= 11 is 5.82. The van der Waals surface area contributed by atoms with Gasteiger partial charge in [-0.25, -0.2) is 0 Å². The number of amides is 1. The highest BCUT2D eigenvalue weighted by Gasteiger charge is 2.32. The van der Waals surface area contributed by atoms with Gasteiger partial charge in [-0.2, -0.15) is 0 Å². The molecule has 1 aliphatic carbocycles. The zero-order valence-electron chi connectivity index (χ0n) is 8.61. The van der Waals surface area contributed by atoms with Gasteiger partial charge in [0, 0.05) is 23.8 Å². The van der Waals surface area contributed by atoms with E-state index in [-0.39, 0.29) is 5.91 Å². The lowest BCUT2D eigenvalue weighted by molar-refractivity contribution is 0.0746. The van der Waals surface area contributed by atoms with Crippen LogP contribution in [0, 0.1) is 0 Å². The van der Waals surface area contributed by atoms with Crippen molar-refractivity contribution in [3.05, 3.63) is 29.0 Å². The van der Waals surface area contributed by atoms with Gasteiger partial charge in [-0.1, -0.05) is 11.6 Å². The molecule has 0 aliphatic heterocycles. The van der Waals surface area contributed by atoms with Crippen LogP contribution in [0.1, 0.15) is 30.3 Å². The van der Waals surface area contributed by atoms with Crippen molar-refractivity contribution in [1.82, 2.24) is 9.88 Å². The Kier molecular flexibility index (Phi) is 2.91. The number of carbonyl (C=O) groups is 1. The summed E-state index contributed by atoms with van der Waals surface area (Å²) in [6.07, 6.45) is 3.79. The molecule has 0 radical (unpaired) electrons. The van der Waals surface area contributed by atoms with E-state index in [0.29, 0.717) is 16.8 Å². The predicted octanol–water partition coefficient (Wildman–Crippen LogP) is 2.36. The molecule has 4 heteroatoms. The molecule has 1 fully saturated rings. The van der Waals surface area contributed by atoms with Gasteiger partial charge in [0.15, 0.2) is 0 Å². The molecule has 1 saturated carbocycles. The third kappa shape index (κ3) is 2.29. The fraction of sp³-hybridized carbons (Fsp3) is 0.455. The standard InChI is InChI=1S/C11H13ClN2O/c1-2-14(9-3-4-9)11(15)10-7-8(12)5-6-13-10/h5-7,9H,2-4H2,1H3. The first-order valence-corrected chi connectivity index (χ1v) is 5.52. The molecule has 0 atom stereocenters. The molecule has 0 bridgehead atoms. The second-order valence-electron chi connectivity index (χ2n) is 3.68. The number of nitrogens with zero attached hydrogens (tertiary/aromatic N) is 2. The summed E-state index contributed by atoms with van der Waals surface area (Å²) in [5, 5.41) is 0.556. The molecular weight excluding hydrogens is 212 g/mol. The average Bonchev–Trinajstić information content (AvgIpc) is 3.03. The Bertz CT molecular complexity index is 377. The summed E-state index contributed by atoms with van der Waals surface area (Å²) < 4.78 is 0. The minimum atomic E-state index is -0.0116. The summed E-state index contributed by atoms with van der Waals surface area (Å²) in [5.41, 5.74) is 0.441. The molecule has 15 heavy (non-hydrogen) atoms. The maximum atomic E-state index is 12.0. The molecule has 0 unspecified atom stereocenters. The third-order valence-corrected chi connectivity index (χ3v) is 2.77. The van der Waals surface area contributed by atoms with Crippen molar-refractivity contribution in [2.45, 2.75) is 25.8 Å². The second-order valence-corrected chi connectivity index (χ2v) is 4.12. The molecule has 1 aliphatic rings. The minimum absolute atomic E-state index is 0.0116. The zero-order chi connectivity index (χ0) is 10.8. The zero-order valence-corrected chi connectivity index (χ0v) is 9.37. The molecule has 1 aromatic rings.